The molecular weight excluding hydrogens is 450 g/mol. The van der Waals surface area contributed by atoms with E-state index in [1.807, 2.05) is 0 Å². The molecule has 218 valence electrons. The van der Waals surface area contributed by atoms with Gasteiger partial charge in [-0.15, -0.1) is 0 Å². The van der Waals surface area contributed by atoms with Crippen LogP contribution in [0.25, 0.3) is 0 Å². The Kier molecular flexibility index (Phi) is 22.6. The molecule has 0 heterocycles. The minimum absolute atomic E-state index is 0.0118. The molecule has 0 aliphatic rings. The van der Waals surface area contributed by atoms with Crippen LogP contribution in [-0.2, 0) is 18.9 Å². The molecule has 0 spiro atoms. The Bertz CT molecular complexity index is 466. The lowest BCUT2D eigenvalue weighted by atomic mass is 9.91. The molecule has 4 atom stereocenters. The van der Waals surface area contributed by atoms with Crippen molar-refractivity contribution in [3.63, 3.8) is 0 Å². The van der Waals surface area contributed by atoms with Gasteiger partial charge in [0.05, 0.1) is 54.2 Å². The Hall–Kier alpha value is -0.200. The maximum atomic E-state index is 5.94. The van der Waals surface area contributed by atoms with Crippen LogP contribution < -0.4 is 0 Å². The summed E-state index contributed by atoms with van der Waals surface area (Å²) in [5, 5.41) is 0. The first-order valence-corrected chi connectivity index (χ1v) is 15.1. The van der Waals surface area contributed by atoms with Gasteiger partial charge in [0.15, 0.2) is 0 Å². The van der Waals surface area contributed by atoms with E-state index in [2.05, 4.69) is 55.8 Å². The average Bonchev–Trinajstić information content (AvgIpc) is 2.79. The summed E-state index contributed by atoms with van der Waals surface area (Å²) in [4.78, 5) is 0. The van der Waals surface area contributed by atoms with E-state index >= 15 is 0 Å². The third-order valence-electron chi connectivity index (χ3n) is 7.14. The van der Waals surface area contributed by atoms with Crippen molar-refractivity contribution in [3.05, 3.63) is 0 Å². The Labute approximate surface area is 226 Å². The summed E-state index contributed by atoms with van der Waals surface area (Å²) in [5.41, 5.74) is 0. The van der Waals surface area contributed by atoms with Crippen LogP contribution in [0.2, 0.25) is 0 Å². The average molecular weight is 517 g/mol. The van der Waals surface area contributed by atoms with Gasteiger partial charge >= 0.3 is 0 Å². The summed E-state index contributed by atoms with van der Waals surface area (Å²) in [6.45, 7) is 16.8. The largest absolute Gasteiger partial charge is 0.378 e. The van der Waals surface area contributed by atoms with Gasteiger partial charge in [0.25, 0.3) is 0 Å². The van der Waals surface area contributed by atoms with E-state index in [9.17, 15) is 0 Å². The van der Waals surface area contributed by atoms with Crippen LogP contribution in [0.4, 0.5) is 0 Å². The number of methoxy groups -OCH3 is 1. The number of likely N-dealkylation sites (N-methyl/N-ethyl adjacent to an activating group) is 1. The minimum atomic E-state index is -0.0118. The zero-order chi connectivity index (χ0) is 27.2. The number of ether oxygens (including phenoxy) is 4. The summed E-state index contributed by atoms with van der Waals surface area (Å²) in [6, 6.07) is 0. The van der Waals surface area contributed by atoms with Crippen molar-refractivity contribution in [2.75, 3.05) is 74.4 Å². The van der Waals surface area contributed by atoms with E-state index in [0.717, 1.165) is 42.0 Å². The zero-order valence-electron chi connectivity index (χ0n) is 26.0. The molecule has 4 unspecified atom stereocenters. The van der Waals surface area contributed by atoms with Crippen LogP contribution in [0.3, 0.4) is 0 Å². The molecule has 36 heavy (non-hydrogen) atoms. The van der Waals surface area contributed by atoms with Gasteiger partial charge in [0, 0.05) is 13.7 Å². The van der Waals surface area contributed by atoms with Crippen molar-refractivity contribution >= 4 is 0 Å². The molecule has 0 aromatic heterocycles. The van der Waals surface area contributed by atoms with Crippen molar-refractivity contribution in [1.29, 1.82) is 0 Å². The third kappa shape index (κ3) is 25.4. The maximum Gasteiger partial charge on any atom is 0.104 e. The fourth-order valence-corrected chi connectivity index (χ4v) is 4.40. The summed E-state index contributed by atoms with van der Waals surface area (Å²) < 4.78 is 23.7. The molecule has 0 amide bonds. The van der Waals surface area contributed by atoms with Gasteiger partial charge < -0.3 is 23.4 Å². The third-order valence-corrected chi connectivity index (χ3v) is 7.14. The molecule has 0 aromatic carbocycles. The lowest BCUT2D eigenvalue weighted by Gasteiger charge is -2.23. The van der Waals surface area contributed by atoms with Gasteiger partial charge in [-0.2, -0.15) is 0 Å². The quantitative estimate of drug-likeness (QED) is 0.0898. The Morgan fingerprint density at radius 1 is 0.528 bits per heavy atom. The number of quaternary nitrogens is 1. The Morgan fingerprint density at radius 2 is 1.03 bits per heavy atom. The highest BCUT2D eigenvalue weighted by Gasteiger charge is 2.11. The first-order valence-electron chi connectivity index (χ1n) is 15.1. The first-order chi connectivity index (χ1) is 17.0. The van der Waals surface area contributed by atoms with Crippen LogP contribution in [0.15, 0.2) is 0 Å². The SMILES string of the molecule is COC(COCCOCC[N+](C)(C)C)COCC(C)CCCCC(C)CCCC(C)CCCC(C)C. The first kappa shape index (κ1) is 35.8. The van der Waals surface area contributed by atoms with Gasteiger partial charge in [-0.05, 0) is 30.1 Å². The topological polar surface area (TPSA) is 36.9 Å². The van der Waals surface area contributed by atoms with Gasteiger partial charge in [0.2, 0.25) is 0 Å². The molecule has 5 heteroatoms. The van der Waals surface area contributed by atoms with E-state index in [1.165, 1.54) is 64.2 Å². The van der Waals surface area contributed by atoms with E-state index in [0.29, 0.717) is 32.3 Å². The zero-order valence-corrected chi connectivity index (χ0v) is 26.0. The standard InChI is InChI=1S/C31H66NO4/c1-27(2)14-12-17-29(4)19-13-18-28(3)15-10-11-16-30(5)24-36-26-31(33-9)25-35-23-22-34-21-20-32(6,7)8/h27-31H,10-26H2,1-9H3/q+1. The lowest BCUT2D eigenvalue weighted by Crippen LogP contribution is -2.37. The molecule has 0 aliphatic heterocycles. The summed E-state index contributed by atoms with van der Waals surface area (Å²) >= 11 is 0. The van der Waals surface area contributed by atoms with Crippen molar-refractivity contribution in [3.8, 4) is 0 Å². The van der Waals surface area contributed by atoms with Gasteiger partial charge in [-0.25, -0.2) is 0 Å². The maximum absolute atomic E-state index is 5.94. The molecule has 0 N–H and O–H groups in total. The van der Waals surface area contributed by atoms with Crippen LogP contribution in [0.1, 0.15) is 98.8 Å². The Morgan fingerprint density at radius 3 is 1.58 bits per heavy atom. The van der Waals surface area contributed by atoms with Crippen LogP contribution in [-0.4, -0.2) is 85.0 Å². The fourth-order valence-electron chi connectivity index (χ4n) is 4.40. The number of hydrogen-bond donors (Lipinski definition) is 0. The van der Waals surface area contributed by atoms with Crippen LogP contribution in [0.5, 0.6) is 0 Å². The van der Waals surface area contributed by atoms with E-state index < -0.39 is 0 Å². The molecule has 0 radical (unpaired) electrons. The predicted octanol–water partition coefficient (Wildman–Crippen LogP) is 7.22. The molecule has 0 bridgehead atoms. The molecule has 0 aliphatic carbocycles. The summed E-state index contributed by atoms with van der Waals surface area (Å²) in [6.07, 6.45) is 13.7. The molecule has 0 fully saturated rings. The van der Waals surface area contributed by atoms with Crippen LogP contribution in [0, 0.1) is 23.7 Å². The number of nitrogens with zero attached hydrogens (tertiary/aromatic N) is 1. The second kappa shape index (κ2) is 22.8. The highest BCUT2D eigenvalue weighted by Crippen LogP contribution is 2.22. The van der Waals surface area contributed by atoms with Gasteiger partial charge in [-0.1, -0.05) is 92.4 Å². The lowest BCUT2D eigenvalue weighted by molar-refractivity contribution is -0.870. The minimum Gasteiger partial charge on any atom is -0.378 e. The monoisotopic (exact) mass is 516 g/mol. The van der Waals surface area contributed by atoms with Gasteiger partial charge in [-0.3, -0.25) is 0 Å². The molecule has 0 saturated carbocycles. The molecule has 5 nitrogen and oxygen atoms in total. The highest BCUT2D eigenvalue weighted by molar-refractivity contribution is 4.61. The number of unbranched alkanes of at least 4 members (excludes halogenated alkanes) is 1. The van der Waals surface area contributed by atoms with Crippen LogP contribution >= 0.6 is 0 Å². The van der Waals surface area contributed by atoms with E-state index in [-0.39, 0.29) is 6.10 Å². The molecule has 0 rings (SSSR count). The van der Waals surface area contributed by atoms with Crippen molar-refractivity contribution in [1.82, 2.24) is 0 Å². The Balaban J connectivity index is 3.64. The smallest absolute Gasteiger partial charge is 0.104 e. The second-order valence-corrected chi connectivity index (χ2v) is 13.0. The number of rotatable bonds is 26. The number of hydrogen-bond acceptors (Lipinski definition) is 4. The van der Waals surface area contributed by atoms with Gasteiger partial charge in [0.1, 0.15) is 12.6 Å². The van der Waals surface area contributed by atoms with E-state index in [4.69, 9.17) is 18.9 Å². The molecule has 0 aromatic rings. The molecular formula is C31H66NO4+. The second-order valence-electron chi connectivity index (χ2n) is 13.0. The summed E-state index contributed by atoms with van der Waals surface area (Å²) in [7, 11) is 8.24. The van der Waals surface area contributed by atoms with E-state index in [1.54, 1.807) is 7.11 Å². The summed E-state index contributed by atoms with van der Waals surface area (Å²) in [5.74, 6) is 3.22. The van der Waals surface area contributed by atoms with Crippen molar-refractivity contribution in [2.45, 2.75) is 105 Å². The van der Waals surface area contributed by atoms with Crippen molar-refractivity contribution < 1.29 is 23.4 Å². The predicted molar refractivity (Wildman–Crippen MR) is 155 cm³/mol. The normalized spacial score (nSPS) is 15.8. The van der Waals surface area contributed by atoms with Crippen molar-refractivity contribution in [2.24, 2.45) is 23.7 Å². The highest BCUT2D eigenvalue weighted by atomic mass is 16.6. The molecule has 0 saturated heterocycles. The fraction of sp³-hybridized carbons (Fsp3) is 1.00.